The molecule has 0 aliphatic carbocycles. The molecule has 1 aromatic carbocycles. The minimum absolute atomic E-state index is 0.143. The Morgan fingerprint density at radius 1 is 1.29 bits per heavy atom. The first-order valence-electron chi connectivity index (χ1n) is 7.24. The molecule has 0 spiro atoms. The summed E-state index contributed by atoms with van der Waals surface area (Å²) in [6.07, 6.45) is 2.22. The number of aromatic nitrogens is 2. The van der Waals surface area contributed by atoms with E-state index in [4.69, 9.17) is 9.47 Å². The highest BCUT2D eigenvalue weighted by molar-refractivity contribution is 7.99. The molecule has 0 aliphatic heterocycles. The third-order valence-electron chi connectivity index (χ3n) is 3.23. The number of carbonyl (C=O) groups is 2. The SMILES string of the molecule is CCCSc1c(C(=O)O)cnn1-c1ccc(C(=O)OC)c(OC)c1. The van der Waals surface area contributed by atoms with E-state index in [0.717, 1.165) is 12.2 Å². The fourth-order valence-electron chi connectivity index (χ4n) is 2.10. The summed E-state index contributed by atoms with van der Waals surface area (Å²) in [5.41, 5.74) is 1.03. The molecule has 0 saturated carbocycles. The normalized spacial score (nSPS) is 10.5. The second-order valence-electron chi connectivity index (χ2n) is 4.80. The van der Waals surface area contributed by atoms with Crippen LogP contribution in [0.2, 0.25) is 0 Å². The number of carboxylic acid groups (broad SMARTS) is 1. The van der Waals surface area contributed by atoms with E-state index < -0.39 is 11.9 Å². The molecule has 0 radical (unpaired) electrons. The largest absolute Gasteiger partial charge is 0.496 e. The lowest BCUT2D eigenvalue weighted by atomic mass is 10.2. The first kappa shape index (κ1) is 17.9. The number of benzene rings is 1. The molecular weight excluding hydrogens is 332 g/mol. The average molecular weight is 350 g/mol. The minimum atomic E-state index is -1.03. The standard InChI is InChI=1S/C16H18N2O5S/c1-4-7-24-14-12(15(19)20)9-17-18(14)10-5-6-11(16(21)23-3)13(8-10)22-2/h5-6,8-9H,4,7H2,1-3H3,(H,19,20). The molecule has 1 aromatic heterocycles. The van der Waals surface area contributed by atoms with Gasteiger partial charge in [-0.05, 0) is 24.3 Å². The smallest absolute Gasteiger partial charge is 0.341 e. The van der Waals surface area contributed by atoms with Crippen molar-refractivity contribution in [2.75, 3.05) is 20.0 Å². The molecule has 24 heavy (non-hydrogen) atoms. The molecule has 0 bridgehead atoms. The van der Waals surface area contributed by atoms with E-state index in [9.17, 15) is 14.7 Å². The van der Waals surface area contributed by atoms with E-state index in [1.54, 1.807) is 18.2 Å². The van der Waals surface area contributed by atoms with Gasteiger partial charge in [-0.2, -0.15) is 5.10 Å². The second-order valence-corrected chi connectivity index (χ2v) is 5.89. The fourth-order valence-corrected chi connectivity index (χ4v) is 3.06. The van der Waals surface area contributed by atoms with Crippen LogP contribution in [-0.4, -0.2) is 46.8 Å². The monoisotopic (exact) mass is 350 g/mol. The van der Waals surface area contributed by atoms with Crippen LogP contribution in [0.15, 0.2) is 29.4 Å². The van der Waals surface area contributed by atoms with Crippen molar-refractivity contribution in [2.45, 2.75) is 18.4 Å². The van der Waals surface area contributed by atoms with Gasteiger partial charge >= 0.3 is 11.9 Å². The zero-order valence-electron chi connectivity index (χ0n) is 13.6. The van der Waals surface area contributed by atoms with Gasteiger partial charge in [0, 0.05) is 6.07 Å². The van der Waals surface area contributed by atoms with Gasteiger partial charge in [0.15, 0.2) is 0 Å². The molecule has 7 nitrogen and oxygen atoms in total. The number of esters is 1. The molecule has 0 atom stereocenters. The Kier molecular flexibility index (Phi) is 5.86. The van der Waals surface area contributed by atoms with Crippen molar-refractivity contribution < 1.29 is 24.2 Å². The van der Waals surface area contributed by atoms with Gasteiger partial charge < -0.3 is 14.6 Å². The maximum absolute atomic E-state index is 11.7. The van der Waals surface area contributed by atoms with Gasteiger partial charge in [-0.1, -0.05) is 6.92 Å². The van der Waals surface area contributed by atoms with Gasteiger partial charge in [0.25, 0.3) is 0 Å². The maximum atomic E-state index is 11.7. The van der Waals surface area contributed by atoms with Gasteiger partial charge in [0.2, 0.25) is 0 Å². The third-order valence-corrected chi connectivity index (χ3v) is 4.51. The molecule has 0 amide bonds. The third kappa shape index (κ3) is 3.53. The number of hydrogen-bond acceptors (Lipinski definition) is 6. The van der Waals surface area contributed by atoms with Gasteiger partial charge in [-0.25, -0.2) is 14.3 Å². The predicted molar refractivity (Wildman–Crippen MR) is 89.4 cm³/mol. The lowest BCUT2D eigenvalue weighted by Gasteiger charge is -2.11. The number of hydrogen-bond donors (Lipinski definition) is 1. The van der Waals surface area contributed by atoms with E-state index in [0.29, 0.717) is 16.5 Å². The average Bonchev–Trinajstić information content (AvgIpc) is 3.02. The Hall–Kier alpha value is -2.48. The highest BCUT2D eigenvalue weighted by atomic mass is 32.2. The lowest BCUT2D eigenvalue weighted by Crippen LogP contribution is -2.07. The van der Waals surface area contributed by atoms with Gasteiger partial charge in [0.05, 0.1) is 26.1 Å². The molecule has 2 rings (SSSR count). The predicted octanol–water partition coefficient (Wildman–Crippen LogP) is 2.87. The summed E-state index contributed by atoms with van der Waals surface area (Å²) in [6, 6.07) is 4.86. The van der Waals surface area contributed by atoms with Crippen molar-refractivity contribution in [3.8, 4) is 11.4 Å². The van der Waals surface area contributed by atoms with Crippen molar-refractivity contribution >= 4 is 23.7 Å². The Balaban J connectivity index is 2.51. The van der Waals surface area contributed by atoms with Gasteiger partial charge in [-0.3, -0.25) is 0 Å². The Morgan fingerprint density at radius 3 is 2.62 bits per heavy atom. The van der Waals surface area contributed by atoms with E-state index in [1.165, 1.54) is 36.9 Å². The van der Waals surface area contributed by atoms with Crippen LogP contribution in [0.4, 0.5) is 0 Å². The fraction of sp³-hybridized carbons (Fsp3) is 0.312. The van der Waals surface area contributed by atoms with Crippen molar-refractivity contribution in [3.63, 3.8) is 0 Å². The summed E-state index contributed by atoms with van der Waals surface area (Å²) >= 11 is 1.42. The molecule has 0 saturated heterocycles. The molecule has 0 fully saturated rings. The molecule has 1 N–H and O–H groups in total. The summed E-state index contributed by atoms with van der Waals surface area (Å²) < 4.78 is 11.5. The number of nitrogens with zero attached hydrogens (tertiary/aromatic N) is 2. The number of thioether (sulfide) groups is 1. The van der Waals surface area contributed by atoms with Crippen LogP contribution in [0.25, 0.3) is 5.69 Å². The summed E-state index contributed by atoms with van der Waals surface area (Å²) in [7, 11) is 2.74. The number of aromatic carboxylic acids is 1. The zero-order valence-corrected chi connectivity index (χ0v) is 14.4. The van der Waals surface area contributed by atoms with E-state index in [2.05, 4.69) is 5.10 Å². The van der Waals surface area contributed by atoms with Crippen molar-refractivity contribution in [1.82, 2.24) is 9.78 Å². The van der Waals surface area contributed by atoms with Crippen LogP contribution in [0.5, 0.6) is 5.75 Å². The van der Waals surface area contributed by atoms with Crippen LogP contribution in [0.1, 0.15) is 34.1 Å². The van der Waals surface area contributed by atoms with Crippen LogP contribution in [-0.2, 0) is 4.74 Å². The molecule has 1 heterocycles. The Labute approximate surface area is 143 Å². The summed E-state index contributed by atoms with van der Waals surface area (Å²) in [5, 5.41) is 14.0. The summed E-state index contributed by atoms with van der Waals surface area (Å²) in [4.78, 5) is 23.1. The van der Waals surface area contributed by atoms with E-state index in [-0.39, 0.29) is 11.1 Å². The summed E-state index contributed by atoms with van der Waals surface area (Å²) in [6.45, 7) is 2.02. The zero-order chi connectivity index (χ0) is 17.7. The quantitative estimate of drug-likeness (QED) is 0.606. The second kappa shape index (κ2) is 7.87. The molecule has 8 heteroatoms. The first-order valence-corrected chi connectivity index (χ1v) is 8.22. The number of methoxy groups -OCH3 is 2. The van der Waals surface area contributed by atoms with E-state index in [1.807, 2.05) is 6.92 Å². The van der Waals surface area contributed by atoms with Gasteiger partial charge in [0.1, 0.15) is 21.9 Å². The van der Waals surface area contributed by atoms with Crippen LogP contribution >= 0.6 is 11.8 Å². The Morgan fingerprint density at radius 2 is 2.04 bits per heavy atom. The number of rotatable bonds is 7. The lowest BCUT2D eigenvalue weighted by molar-refractivity contribution is 0.0596. The van der Waals surface area contributed by atoms with Crippen LogP contribution in [0.3, 0.4) is 0 Å². The number of ether oxygens (including phenoxy) is 2. The first-order chi connectivity index (χ1) is 11.5. The van der Waals surface area contributed by atoms with Crippen molar-refractivity contribution in [3.05, 3.63) is 35.5 Å². The molecule has 128 valence electrons. The van der Waals surface area contributed by atoms with E-state index >= 15 is 0 Å². The topological polar surface area (TPSA) is 90.7 Å². The van der Waals surface area contributed by atoms with Crippen molar-refractivity contribution in [1.29, 1.82) is 0 Å². The molecule has 2 aromatic rings. The van der Waals surface area contributed by atoms with Gasteiger partial charge in [-0.15, -0.1) is 11.8 Å². The van der Waals surface area contributed by atoms with Crippen LogP contribution in [0, 0.1) is 0 Å². The number of carbonyl (C=O) groups excluding carboxylic acids is 1. The molecule has 0 aliphatic rings. The highest BCUT2D eigenvalue weighted by Crippen LogP contribution is 2.29. The molecular formula is C16H18N2O5S. The van der Waals surface area contributed by atoms with Crippen LogP contribution < -0.4 is 4.74 Å². The Bertz CT molecular complexity index is 757. The highest BCUT2D eigenvalue weighted by Gasteiger charge is 2.20. The molecule has 0 unspecified atom stereocenters. The summed E-state index contributed by atoms with van der Waals surface area (Å²) in [5.74, 6) is -0.439. The minimum Gasteiger partial charge on any atom is -0.496 e. The number of carboxylic acids is 1. The maximum Gasteiger partial charge on any atom is 0.341 e. The van der Waals surface area contributed by atoms with Crippen molar-refractivity contribution in [2.24, 2.45) is 0 Å².